The van der Waals surface area contributed by atoms with Crippen LogP contribution in [0.5, 0.6) is 0 Å². The molecule has 2 aromatic rings. The molecule has 4 nitrogen and oxygen atoms in total. The van der Waals surface area contributed by atoms with Crippen molar-refractivity contribution in [2.24, 2.45) is 5.92 Å². The number of benzene rings is 1. The van der Waals surface area contributed by atoms with Gasteiger partial charge in [0.2, 0.25) is 0 Å². The van der Waals surface area contributed by atoms with Crippen LogP contribution >= 0.6 is 0 Å². The SMILES string of the molecule is O[C@@H]1CCOCC1[C@@H]1c2ccccc2-c2cncn21. The van der Waals surface area contributed by atoms with Crippen molar-refractivity contribution < 1.29 is 9.84 Å². The Morgan fingerprint density at radius 3 is 3.11 bits per heavy atom. The van der Waals surface area contributed by atoms with E-state index in [1.165, 1.54) is 11.1 Å². The van der Waals surface area contributed by atoms with E-state index in [2.05, 4.69) is 27.8 Å². The van der Waals surface area contributed by atoms with Gasteiger partial charge < -0.3 is 14.4 Å². The van der Waals surface area contributed by atoms with E-state index in [-0.39, 0.29) is 18.1 Å². The van der Waals surface area contributed by atoms with Crippen molar-refractivity contribution in [3.8, 4) is 11.3 Å². The summed E-state index contributed by atoms with van der Waals surface area (Å²) in [5, 5.41) is 10.3. The fraction of sp³-hybridized carbons (Fsp3) is 0.400. The first-order valence-corrected chi connectivity index (χ1v) is 6.73. The van der Waals surface area contributed by atoms with E-state index in [1.54, 1.807) is 0 Å². The molecular formula is C15H16N2O2. The molecule has 98 valence electrons. The minimum absolute atomic E-state index is 0.102. The predicted octanol–water partition coefficient (Wildman–Crippen LogP) is 1.85. The molecule has 3 atom stereocenters. The second kappa shape index (κ2) is 4.18. The normalized spacial score (nSPS) is 29.0. The highest BCUT2D eigenvalue weighted by atomic mass is 16.5. The van der Waals surface area contributed by atoms with Gasteiger partial charge >= 0.3 is 0 Å². The molecule has 0 aliphatic carbocycles. The standard InChI is InChI=1S/C15H16N2O2/c18-14-5-6-19-8-12(14)15-11-4-2-1-3-10(11)13-7-16-9-17(13)15/h1-4,7,9,12,14-15,18H,5-6,8H2/t12?,14-,15+/m1/s1. The van der Waals surface area contributed by atoms with E-state index in [9.17, 15) is 5.11 Å². The van der Waals surface area contributed by atoms with E-state index in [0.717, 1.165) is 5.69 Å². The number of ether oxygens (including phenoxy) is 1. The molecule has 1 unspecified atom stereocenters. The third kappa shape index (κ3) is 1.57. The van der Waals surface area contributed by atoms with Crippen molar-refractivity contribution in [1.29, 1.82) is 0 Å². The van der Waals surface area contributed by atoms with Crippen molar-refractivity contribution >= 4 is 0 Å². The average Bonchev–Trinajstić information content (AvgIpc) is 3.00. The maximum atomic E-state index is 10.3. The highest BCUT2D eigenvalue weighted by Crippen LogP contribution is 2.44. The van der Waals surface area contributed by atoms with Crippen LogP contribution in [0.3, 0.4) is 0 Å². The first kappa shape index (κ1) is 11.2. The van der Waals surface area contributed by atoms with Crippen LogP contribution in [0.1, 0.15) is 18.0 Å². The van der Waals surface area contributed by atoms with Gasteiger partial charge in [0.1, 0.15) is 0 Å². The third-order valence-corrected chi connectivity index (χ3v) is 4.29. The molecule has 1 aromatic carbocycles. The van der Waals surface area contributed by atoms with Crippen LogP contribution in [0.15, 0.2) is 36.8 Å². The number of fused-ring (bicyclic) bond motifs is 3. The fourth-order valence-corrected chi connectivity index (χ4v) is 3.36. The Morgan fingerprint density at radius 2 is 2.21 bits per heavy atom. The molecule has 0 bridgehead atoms. The zero-order valence-electron chi connectivity index (χ0n) is 10.6. The minimum atomic E-state index is -0.305. The lowest BCUT2D eigenvalue weighted by molar-refractivity contribution is -0.0481. The van der Waals surface area contributed by atoms with Gasteiger partial charge in [-0.1, -0.05) is 24.3 Å². The molecule has 4 heteroatoms. The zero-order valence-corrected chi connectivity index (χ0v) is 10.6. The summed E-state index contributed by atoms with van der Waals surface area (Å²) in [6.07, 6.45) is 4.17. The maximum absolute atomic E-state index is 10.3. The molecule has 19 heavy (non-hydrogen) atoms. The first-order valence-electron chi connectivity index (χ1n) is 6.73. The summed E-state index contributed by atoms with van der Waals surface area (Å²) in [7, 11) is 0. The number of aliphatic hydroxyl groups is 1. The number of aromatic nitrogens is 2. The largest absolute Gasteiger partial charge is 0.393 e. The summed E-state index contributed by atoms with van der Waals surface area (Å²) in [6.45, 7) is 1.26. The lowest BCUT2D eigenvalue weighted by Crippen LogP contribution is -2.37. The Kier molecular flexibility index (Phi) is 2.47. The predicted molar refractivity (Wildman–Crippen MR) is 70.7 cm³/mol. The zero-order chi connectivity index (χ0) is 12.8. The second-order valence-corrected chi connectivity index (χ2v) is 5.31. The summed E-state index contributed by atoms with van der Waals surface area (Å²) in [5.74, 6) is 0.102. The van der Waals surface area contributed by atoms with Crippen LogP contribution in [0.4, 0.5) is 0 Å². The van der Waals surface area contributed by atoms with Crippen LogP contribution < -0.4 is 0 Å². The topological polar surface area (TPSA) is 47.3 Å². The fourth-order valence-electron chi connectivity index (χ4n) is 3.36. The molecular weight excluding hydrogens is 240 g/mol. The molecule has 1 aromatic heterocycles. The van der Waals surface area contributed by atoms with E-state index in [0.29, 0.717) is 19.6 Å². The molecule has 0 spiro atoms. The number of nitrogens with zero attached hydrogens (tertiary/aromatic N) is 2. The van der Waals surface area contributed by atoms with Crippen molar-refractivity contribution in [1.82, 2.24) is 9.55 Å². The average molecular weight is 256 g/mol. The maximum Gasteiger partial charge on any atom is 0.0956 e. The molecule has 1 fully saturated rings. The summed E-state index contributed by atoms with van der Waals surface area (Å²) in [4.78, 5) is 4.25. The van der Waals surface area contributed by atoms with Crippen molar-refractivity contribution in [2.45, 2.75) is 18.6 Å². The molecule has 0 amide bonds. The summed E-state index contributed by atoms with van der Waals surface area (Å²) >= 11 is 0. The third-order valence-electron chi connectivity index (χ3n) is 4.29. The number of hydrogen-bond donors (Lipinski definition) is 1. The van der Waals surface area contributed by atoms with Crippen LogP contribution in [0.25, 0.3) is 11.3 Å². The minimum Gasteiger partial charge on any atom is -0.393 e. The molecule has 0 saturated carbocycles. The Labute approximate surface area is 111 Å². The number of imidazole rings is 1. The van der Waals surface area contributed by atoms with Gasteiger partial charge in [-0.05, 0) is 12.0 Å². The lowest BCUT2D eigenvalue weighted by atomic mass is 9.86. The van der Waals surface area contributed by atoms with Gasteiger partial charge in [0, 0.05) is 18.1 Å². The van der Waals surface area contributed by atoms with Gasteiger partial charge in [-0.3, -0.25) is 0 Å². The van der Waals surface area contributed by atoms with Crippen molar-refractivity contribution in [3.05, 3.63) is 42.4 Å². The van der Waals surface area contributed by atoms with Gasteiger partial charge in [0.25, 0.3) is 0 Å². The lowest BCUT2D eigenvalue weighted by Gasteiger charge is -2.33. The van der Waals surface area contributed by atoms with Gasteiger partial charge in [-0.25, -0.2) is 4.98 Å². The smallest absolute Gasteiger partial charge is 0.0956 e. The van der Waals surface area contributed by atoms with Gasteiger partial charge in [-0.15, -0.1) is 0 Å². The van der Waals surface area contributed by atoms with Gasteiger partial charge in [-0.2, -0.15) is 0 Å². The highest BCUT2D eigenvalue weighted by Gasteiger charge is 2.39. The monoisotopic (exact) mass is 256 g/mol. The van der Waals surface area contributed by atoms with Crippen LogP contribution in [-0.2, 0) is 4.74 Å². The Morgan fingerprint density at radius 1 is 1.32 bits per heavy atom. The van der Waals surface area contributed by atoms with Crippen LogP contribution in [0.2, 0.25) is 0 Å². The summed E-state index contributed by atoms with van der Waals surface area (Å²) in [5.41, 5.74) is 3.63. The highest BCUT2D eigenvalue weighted by molar-refractivity contribution is 5.69. The van der Waals surface area contributed by atoms with Gasteiger partial charge in [0.05, 0.1) is 37.0 Å². The molecule has 0 radical (unpaired) electrons. The summed E-state index contributed by atoms with van der Waals surface area (Å²) < 4.78 is 7.75. The van der Waals surface area contributed by atoms with E-state index in [4.69, 9.17) is 4.74 Å². The van der Waals surface area contributed by atoms with E-state index in [1.807, 2.05) is 18.6 Å². The molecule has 1 saturated heterocycles. The second-order valence-electron chi connectivity index (χ2n) is 5.31. The van der Waals surface area contributed by atoms with E-state index >= 15 is 0 Å². The van der Waals surface area contributed by atoms with Crippen LogP contribution in [0, 0.1) is 5.92 Å². The Bertz CT molecular complexity index is 608. The first-order chi connectivity index (χ1) is 9.36. The van der Waals surface area contributed by atoms with Gasteiger partial charge in [0.15, 0.2) is 0 Å². The van der Waals surface area contributed by atoms with Crippen molar-refractivity contribution in [3.63, 3.8) is 0 Å². The number of hydrogen-bond acceptors (Lipinski definition) is 3. The Hall–Kier alpha value is -1.65. The Balaban J connectivity index is 1.84. The molecule has 2 aliphatic heterocycles. The quantitative estimate of drug-likeness (QED) is 0.847. The number of aliphatic hydroxyl groups excluding tert-OH is 1. The summed E-state index contributed by atoms with van der Waals surface area (Å²) in [6, 6.07) is 8.52. The molecule has 2 aliphatic rings. The molecule has 1 N–H and O–H groups in total. The van der Waals surface area contributed by atoms with Crippen molar-refractivity contribution in [2.75, 3.05) is 13.2 Å². The number of rotatable bonds is 1. The van der Waals surface area contributed by atoms with E-state index < -0.39 is 0 Å². The molecule has 4 rings (SSSR count). The van der Waals surface area contributed by atoms with Crippen LogP contribution in [-0.4, -0.2) is 34.0 Å². The molecule has 3 heterocycles.